The number of benzene rings is 2. The molecule has 1 saturated heterocycles. The summed E-state index contributed by atoms with van der Waals surface area (Å²) in [5.41, 5.74) is 4.30. The second kappa shape index (κ2) is 7.89. The van der Waals surface area contributed by atoms with Crippen LogP contribution in [0.5, 0.6) is 17.2 Å². The zero-order chi connectivity index (χ0) is 22.3. The first-order chi connectivity index (χ1) is 16.1. The van der Waals surface area contributed by atoms with Gasteiger partial charge in [0.05, 0.1) is 0 Å². The van der Waals surface area contributed by atoms with Crippen molar-refractivity contribution in [2.24, 2.45) is 11.8 Å². The third-order valence-electron chi connectivity index (χ3n) is 9.15. The first kappa shape index (κ1) is 22.2. The Labute approximate surface area is 206 Å². The van der Waals surface area contributed by atoms with Gasteiger partial charge in [-0.3, -0.25) is 9.69 Å². The molecule has 3 aliphatic carbocycles. The number of aryl methyl sites for hydroxylation is 1. The average Bonchev–Trinajstić information content (AvgIpc) is 3.55. The molecule has 0 aromatic heterocycles. The molecule has 7 rings (SSSR count). The van der Waals surface area contributed by atoms with Crippen LogP contribution in [0.4, 0.5) is 0 Å². The van der Waals surface area contributed by atoms with Crippen molar-refractivity contribution in [1.82, 2.24) is 4.90 Å². The van der Waals surface area contributed by atoms with E-state index >= 15 is 0 Å². The zero-order valence-electron chi connectivity index (χ0n) is 19.6. The highest BCUT2D eigenvalue weighted by Crippen LogP contribution is 2.64. The largest absolute Gasteiger partial charge is 0.504 e. The first-order valence-corrected chi connectivity index (χ1v) is 12.6. The van der Waals surface area contributed by atoms with Gasteiger partial charge in [0.25, 0.3) is 0 Å². The molecule has 0 unspecified atom stereocenters. The normalized spacial score (nSPS) is 30.9. The van der Waals surface area contributed by atoms with Crippen LogP contribution in [-0.4, -0.2) is 41.0 Å². The maximum absolute atomic E-state index is 13.1. The number of phenols is 1. The first-order valence-electron chi connectivity index (χ1n) is 12.6. The van der Waals surface area contributed by atoms with E-state index in [1.807, 2.05) is 12.1 Å². The highest BCUT2D eigenvalue weighted by Gasteiger charge is 2.66. The SMILES string of the molecule is Cc1ccccc1COc1cc(O)c2c3c1C[C@@H]1[C@@H]4CCC(=O)[C@H](O2)[C@]34CCN1CC1CC1.Cl. The Bertz CT molecular complexity index is 1160. The molecule has 2 aliphatic heterocycles. The molecule has 1 spiro atoms. The summed E-state index contributed by atoms with van der Waals surface area (Å²) in [7, 11) is 0. The summed E-state index contributed by atoms with van der Waals surface area (Å²) in [6, 6.07) is 10.4. The van der Waals surface area contributed by atoms with Gasteiger partial charge in [-0.2, -0.15) is 0 Å². The molecule has 2 aromatic rings. The predicted octanol–water partition coefficient (Wildman–Crippen LogP) is 4.72. The smallest absolute Gasteiger partial charge is 0.174 e. The number of carbonyl (C=O) groups excluding carboxylic acids is 1. The molecule has 180 valence electrons. The average molecular weight is 482 g/mol. The van der Waals surface area contributed by atoms with Crippen LogP contribution in [0.25, 0.3) is 0 Å². The van der Waals surface area contributed by atoms with E-state index in [1.54, 1.807) is 6.07 Å². The lowest BCUT2D eigenvalue weighted by atomic mass is 9.51. The number of phenolic OH excluding ortho intramolecular Hbond substituents is 1. The number of likely N-dealkylation sites (tertiary alicyclic amines) is 1. The van der Waals surface area contributed by atoms with Gasteiger partial charge in [-0.15, -0.1) is 12.4 Å². The fraction of sp³-hybridized carbons (Fsp3) is 0.536. The van der Waals surface area contributed by atoms with E-state index in [-0.39, 0.29) is 29.4 Å². The third kappa shape index (κ3) is 3.06. The van der Waals surface area contributed by atoms with E-state index in [9.17, 15) is 9.90 Å². The van der Waals surface area contributed by atoms with E-state index in [0.29, 0.717) is 30.7 Å². The number of hydrogen-bond acceptors (Lipinski definition) is 5. The molecule has 2 bridgehead atoms. The van der Waals surface area contributed by atoms with Crippen LogP contribution < -0.4 is 9.47 Å². The van der Waals surface area contributed by atoms with Crippen molar-refractivity contribution in [3.05, 3.63) is 52.6 Å². The number of nitrogens with zero attached hydrogens (tertiary/aromatic N) is 1. The summed E-state index contributed by atoms with van der Waals surface area (Å²) in [6.45, 7) is 4.75. The maximum Gasteiger partial charge on any atom is 0.174 e. The lowest BCUT2D eigenvalue weighted by Gasteiger charge is -2.57. The molecule has 34 heavy (non-hydrogen) atoms. The standard InChI is InChI=1S/C28H31NO4.ClH/c1-16-4-2-3-5-18(16)15-32-24-13-23(31)26-25-19(24)12-21-20-8-9-22(30)27(33-26)28(20,25)10-11-29(21)14-17-6-7-17;/h2-5,13,17,20-21,27,31H,6-12,14-15H2,1H3;1H/t20-,21+,27-,28-;/m0./s1. The third-order valence-corrected chi connectivity index (χ3v) is 9.15. The van der Waals surface area contributed by atoms with E-state index < -0.39 is 6.10 Å². The van der Waals surface area contributed by atoms with Crippen LogP contribution in [-0.2, 0) is 23.2 Å². The molecular weight excluding hydrogens is 450 g/mol. The Morgan fingerprint density at radius 3 is 2.85 bits per heavy atom. The molecule has 2 saturated carbocycles. The molecular formula is C28H32ClNO4. The van der Waals surface area contributed by atoms with Crippen LogP contribution in [0, 0.1) is 18.8 Å². The Balaban J connectivity index is 0.00000217. The molecule has 5 aliphatic rings. The Kier molecular flexibility index (Phi) is 5.16. The van der Waals surface area contributed by atoms with E-state index in [1.165, 1.54) is 24.9 Å². The van der Waals surface area contributed by atoms with Crippen LogP contribution in [0.1, 0.15) is 54.4 Å². The van der Waals surface area contributed by atoms with Gasteiger partial charge in [-0.05, 0) is 68.5 Å². The van der Waals surface area contributed by atoms with Crippen LogP contribution in [0.3, 0.4) is 0 Å². The van der Waals surface area contributed by atoms with Crippen molar-refractivity contribution >= 4 is 18.2 Å². The summed E-state index contributed by atoms with van der Waals surface area (Å²) in [4.78, 5) is 15.8. The van der Waals surface area contributed by atoms with Gasteiger partial charge in [0, 0.05) is 41.6 Å². The number of ether oxygens (including phenoxy) is 2. The van der Waals surface area contributed by atoms with Gasteiger partial charge in [-0.1, -0.05) is 24.3 Å². The monoisotopic (exact) mass is 481 g/mol. The number of carbonyl (C=O) groups is 1. The number of halogens is 1. The van der Waals surface area contributed by atoms with Crippen molar-refractivity contribution in [2.45, 2.75) is 69.6 Å². The molecule has 1 N–H and O–H groups in total. The summed E-state index contributed by atoms with van der Waals surface area (Å²) in [6.07, 6.45) is 5.61. The second-order valence-corrected chi connectivity index (χ2v) is 10.9. The zero-order valence-corrected chi connectivity index (χ0v) is 20.4. The summed E-state index contributed by atoms with van der Waals surface area (Å²) in [5, 5.41) is 11.0. The van der Waals surface area contributed by atoms with Crippen LogP contribution in [0.2, 0.25) is 0 Å². The van der Waals surface area contributed by atoms with Crippen molar-refractivity contribution in [3.63, 3.8) is 0 Å². The molecule has 5 nitrogen and oxygen atoms in total. The summed E-state index contributed by atoms with van der Waals surface area (Å²) in [5.74, 6) is 2.87. The minimum Gasteiger partial charge on any atom is -0.504 e. The molecule has 2 aromatic carbocycles. The minimum atomic E-state index is -0.451. The second-order valence-electron chi connectivity index (χ2n) is 10.9. The Morgan fingerprint density at radius 1 is 1.24 bits per heavy atom. The highest BCUT2D eigenvalue weighted by molar-refractivity contribution is 5.89. The van der Waals surface area contributed by atoms with Crippen LogP contribution >= 0.6 is 12.4 Å². The molecule has 0 radical (unpaired) electrons. The number of hydrogen-bond donors (Lipinski definition) is 1. The van der Waals surface area contributed by atoms with Crippen molar-refractivity contribution in [2.75, 3.05) is 13.1 Å². The van der Waals surface area contributed by atoms with E-state index in [4.69, 9.17) is 9.47 Å². The summed E-state index contributed by atoms with van der Waals surface area (Å²) < 4.78 is 12.7. The summed E-state index contributed by atoms with van der Waals surface area (Å²) >= 11 is 0. The van der Waals surface area contributed by atoms with Gasteiger partial charge in [0.15, 0.2) is 23.4 Å². The molecule has 4 atom stereocenters. The van der Waals surface area contributed by atoms with E-state index in [2.05, 4.69) is 24.0 Å². The van der Waals surface area contributed by atoms with Gasteiger partial charge in [0.1, 0.15) is 12.4 Å². The van der Waals surface area contributed by atoms with Gasteiger partial charge in [-0.25, -0.2) is 0 Å². The van der Waals surface area contributed by atoms with Crippen molar-refractivity contribution in [1.29, 1.82) is 0 Å². The Hall–Kier alpha value is -2.24. The molecule has 6 heteroatoms. The van der Waals surface area contributed by atoms with Gasteiger partial charge in [0.2, 0.25) is 0 Å². The number of piperidine rings is 1. The predicted molar refractivity (Wildman–Crippen MR) is 131 cm³/mol. The number of aromatic hydroxyl groups is 1. The molecule has 3 fully saturated rings. The maximum atomic E-state index is 13.1. The van der Waals surface area contributed by atoms with Crippen molar-refractivity contribution < 1.29 is 19.4 Å². The van der Waals surface area contributed by atoms with E-state index in [0.717, 1.165) is 54.2 Å². The quantitative estimate of drug-likeness (QED) is 0.669. The fourth-order valence-corrected chi connectivity index (χ4v) is 7.37. The van der Waals surface area contributed by atoms with Gasteiger partial charge >= 0.3 is 0 Å². The Morgan fingerprint density at radius 2 is 2.06 bits per heavy atom. The molecule has 0 amide bonds. The topological polar surface area (TPSA) is 59.0 Å². The lowest BCUT2D eigenvalue weighted by molar-refractivity contribution is -0.138. The highest BCUT2D eigenvalue weighted by atomic mass is 35.5. The number of rotatable bonds is 5. The lowest BCUT2D eigenvalue weighted by Crippen LogP contribution is -2.66. The van der Waals surface area contributed by atoms with Crippen LogP contribution in [0.15, 0.2) is 30.3 Å². The number of ketones is 1. The van der Waals surface area contributed by atoms with Gasteiger partial charge < -0.3 is 14.6 Å². The fourth-order valence-electron chi connectivity index (χ4n) is 7.37. The minimum absolute atomic E-state index is 0. The van der Waals surface area contributed by atoms with Crippen molar-refractivity contribution in [3.8, 4) is 17.2 Å². The molecule has 2 heterocycles. The number of Topliss-reactive ketones (excluding diaryl/α,β-unsaturated/α-hetero) is 1.